The molecule has 2 unspecified atom stereocenters. The third-order valence-corrected chi connectivity index (χ3v) is 1.78. The highest BCUT2D eigenvalue weighted by molar-refractivity contribution is 5.67. The van der Waals surface area contributed by atoms with Gasteiger partial charge >= 0.3 is 0 Å². The Kier molecular flexibility index (Phi) is 2.27. The Morgan fingerprint density at radius 2 is 2.50 bits per heavy atom. The molecule has 0 aromatic heterocycles. The summed E-state index contributed by atoms with van der Waals surface area (Å²) in [5.41, 5.74) is 0. The van der Waals surface area contributed by atoms with E-state index in [1.165, 1.54) is 0 Å². The van der Waals surface area contributed by atoms with Gasteiger partial charge in [0.1, 0.15) is 0 Å². The van der Waals surface area contributed by atoms with Crippen LogP contribution < -0.4 is 5.11 Å². The first kappa shape index (κ1) is 7.54. The van der Waals surface area contributed by atoms with Crippen LogP contribution in [0.3, 0.4) is 0 Å². The minimum absolute atomic E-state index is 0.197. The number of rotatable bonds is 4. The van der Waals surface area contributed by atoms with Gasteiger partial charge in [0.15, 0.2) is 0 Å². The smallest absolute Gasteiger partial charge is 0.0816 e. The van der Waals surface area contributed by atoms with Crippen molar-refractivity contribution in [2.75, 3.05) is 6.61 Å². The van der Waals surface area contributed by atoms with Crippen molar-refractivity contribution in [1.82, 2.24) is 0 Å². The number of hydrogen-bond acceptors (Lipinski definition) is 3. The standard InChI is InChI=1S/C7H12O3/c1-2-5(7(8)9)3-6-4-10-6/h5-6H,2-4H2,1H3,(H,8,9)/p-1. The van der Waals surface area contributed by atoms with Crippen LogP contribution in [0.2, 0.25) is 0 Å². The largest absolute Gasteiger partial charge is 0.550 e. The summed E-state index contributed by atoms with van der Waals surface area (Å²) in [6.07, 6.45) is 1.46. The van der Waals surface area contributed by atoms with Gasteiger partial charge in [-0.2, -0.15) is 0 Å². The minimum atomic E-state index is -0.946. The van der Waals surface area contributed by atoms with Gasteiger partial charge in [0.25, 0.3) is 0 Å². The number of epoxide rings is 1. The molecule has 1 heterocycles. The molecule has 0 spiro atoms. The van der Waals surface area contributed by atoms with Gasteiger partial charge in [-0.3, -0.25) is 0 Å². The maximum Gasteiger partial charge on any atom is 0.0816 e. The molecule has 0 radical (unpaired) electrons. The van der Waals surface area contributed by atoms with Crippen LogP contribution in [-0.2, 0) is 9.53 Å². The van der Waals surface area contributed by atoms with E-state index in [4.69, 9.17) is 4.74 Å². The van der Waals surface area contributed by atoms with Gasteiger partial charge < -0.3 is 14.6 Å². The maximum atomic E-state index is 10.3. The molecular formula is C7H11O3-. The minimum Gasteiger partial charge on any atom is -0.550 e. The lowest BCUT2D eigenvalue weighted by molar-refractivity contribution is -0.312. The number of carboxylic acids is 1. The topological polar surface area (TPSA) is 52.7 Å². The van der Waals surface area contributed by atoms with Gasteiger partial charge in [-0.15, -0.1) is 0 Å². The molecule has 0 aliphatic carbocycles. The fourth-order valence-corrected chi connectivity index (χ4v) is 0.951. The molecule has 2 atom stereocenters. The number of ether oxygens (including phenoxy) is 1. The van der Waals surface area contributed by atoms with Crippen LogP contribution in [0.4, 0.5) is 0 Å². The first-order valence-corrected chi connectivity index (χ1v) is 3.56. The molecular weight excluding hydrogens is 132 g/mol. The second kappa shape index (κ2) is 3.01. The Balaban J connectivity index is 2.24. The summed E-state index contributed by atoms with van der Waals surface area (Å²) in [6, 6.07) is 0. The first-order valence-electron chi connectivity index (χ1n) is 3.56. The lowest BCUT2D eigenvalue weighted by atomic mass is 10.0. The number of carboxylic acid groups (broad SMARTS) is 1. The molecule has 0 aromatic rings. The molecule has 0 bridgehead atoms. The Morgan fingerprint density at radius 3 is 2.80 bits per heavy atom. The first-order chi connectivity index (χ1) is 4.74. The Bertz CT molecular complexity index is 129. The monoisotopic (exact) mass is 143 g/mol. The van der Waals surface area contributed by atoms with Crippen LogP contribution in [0.25, 0.3) is 0 Å². The van der Waals surface area contributed by atoms with Crippen molar-refractivity contribution in [3.05, 3.63) is 0 Å². The van der Waals surface area contributed by atoms with E-state index >= 15 is 0 Å². The van der Waals surface area contributed by atoms with Crippen LogP contribution in [0, 0.1) is 5.92 Å². The van der Waals surface area contributed by atoms with Crippen molar-refractivity contribution in [2.24, 2.45) is 5.92 Å². The van der Waals surface area contributed by atoms with Crippen molar-refractivity contribution in [3.63, 3.8) is 0 Å². The fraction of sp³-hybridized carbons (Fsp3) is 0.857. The Labute approximate surface area is 60.0 Å². The predicted molar refractivity (Wildman–Crippen MR) is 33.1 cm³/mol. The molecule has 0 saturated carbocycles. The van der Waals surface area contributed by atoms with Crippen LogP contribution in [0.15, 0.2) is 0 Å². The average Bonchev–Trinajstić information content (AvgIpc) is 2.64. The van der Waals surface area contributed by atoms with E-state index < -0.39 is 5.97 Å². The van der Waals surface area contributed by atoms with Gasteiger partial charge in [0, 0.05) is 11.9 Å². The highest BCUT2D eigenvalue weighted by atomic mass is 16.6. The molecule has 1 aliphatic heterocycles. The molecule has 3 heteroatoms. The summed E-state index contributed by atoms with van der Waals surface area (Å²) < 4.78 is 4.90. The van der Waals surface area contributed by atoms with Crippen molar-refractivity contribution in [2.45, 2.75) is 25.9 Å². The van der Waals surface area contributed by atoms with Gasteiger partial charge in [0.05, 0.1) is 12.7 Å². The van der Waals surface area contributed by atoms with Crippen LogP contribution >= 0.6 is 0 Å². The van der Waals surface area contributed by atoms with Gasteiger partial charge in [0.2, 0.25) is 0 Å². The number of hydrogen-bond donors (Lipinski definition) is 0. The van der Waals surface area contributed by atoms with E-state index in [2.05, 4.69) is 0 Å². The van der Waals surface area contributed by atoms with Crippen molar-refractivity contribution in [3.8, 4) is 0 Å². The van der Waals surface area contributed by atoms with E-state index in [1.54, 1.807) is 0 Å². The summed E-state index contributed by atoms with van der Waals surface area (Å²) in [4.78, 5) is 10.3. The van der Waals surface area contributed by atoms with E-state index in [0.29, 0.717) is 12.8 Å². The van der Waals surface area contributed by atoms with Gasteiger partial charge in [-0.05, 0) is 12.8 Å². The molecule has 0 aromatic carbocycles. The molecule has 0 N–H and O–H groups in total. The zero-order valence-electron chi connectivity index (χ0n) is 6.00. The second-order valence-electron chi connectivity index (χ2n) is 2.62. The van der Waals surface area contributed by atoms with E-state index in [-0.39, 0.29) is 12.0 Å². The van der Waals surface area contributed by atoms with E-state index in [9.17, 15) is 9.90 Å². The van der Waals surface area contributed by atoms with Crippen molar-refractivity contribution < 1.29 is 14.6 Å². The number of carbonyl (C=O) groups is 1. The molecule has 3 nitrogen and oxygen atoms in total. The third-order valence-electron chi connectivity index (χ3n) is 1.78. The number of carbonyl (C=O) groups excluding carboxylic acids is 1. The molecule has 10 heavy (non-hydrogen) atoms. The van der Waals surface area contributed by atoms with E-state index in [1.807, 2.05) is 6.92 Å². The highest BCUT2D eigenvalue weighted by Gasteiger charge is 2.26. The van der Waals surface area contributed by atoms with Crippen LogP contribution in [-0.4, -0.2) is 18.7 Å². The lowest BCUT2D eigenvalue weighted by Gasteiger charge is -2.13. The van der Waals surface area contributed by atoms with Crippen LogP contribution in [0.5, 0.6) is 0 Å². The normalized spacial score (nSPS) is 25.9. The summed E-state index contributed by atoms with van der Waals surface area (Å²) in [6.45, 7) is 2.58. The van der Waals surface area contributed by atoms with Crippen LogP contribution in [0.1, 0.15) is 19.8 Å². The Hall–Kier alpha value is -0.570. The molecule has 1 saturated heterocycles. The van der Waals surface area contributed by atoms with Gasteiger partial charge in [-0.1, -0.05) is 6.92 Å². The predicted octanol–water partition coefficient (Wildman–Crippen LogP) is -0.449. The lowest BCUT2D eigenvalue weighted by Crippen LogP contribution is -2.31. The van der Waals surface area contributed by atoms with Crippen molar-refractivity contribution in [1.29, 1.82) is 0 Å². The summed E-state index contributed by atoms with van der Waals surface area (Å²) in [5, 5.41) is 10.3. The van der Waals surface area contributed by atoms with E-state index in [0.717, 1.165) is 6.61 Å². The maximum absolute atomic E-state index is 10.3. The van der Waals surface area contributed by atoms with Crippen molar-refractivity contribution >= 4 is 5.97 Å². The summed E-state index contributed by atoms with van der Waals surface area (Å²) in [7, 11) is 0. The molecule has 1 fully saturated rings. The second-order valence-corrected chi connectivity index (χ2v) is 2.62. The zero-order valence-corrected chi connectivity index (χ0v) is 6.00. The third kappa shape index (κ3) is 1.99. The van der Waals surface area contributed by atoms with Gasteiger partial charge in [-0.25, -0.2) is 0 Å². The summed E-state index contributed by atoms with van der Waals surface area (Å²) in [5.74, 6) is -1.26. The Morgan fingerprint density at radius 1 is 1.90 bits per heavy atom. The fourth-order valence-electron chi connectivity index (χ4n) is 0.951. The average molecular weight is 143 g/mol. The summed E-state index contributed by atoms with van der Waals surface area (Å²) >= 11 is 0. The SMILES string of the molecule is CCC(CC1CO1)C(=O)[O-]. The molecule has 58 valence electrons. The molecule has 0 amide bonds. The number of aliphatic carboxylic acids is 1. The highest BCUT2D eigenvalue weighted by Crippen LogP contribution is 2.20. The quantitative estimate of drug-likeness (QED) is 0.501. The zero-order chi connectivity index (χ0) is 7.56. The molecule has 1 aliphatic rings. The molecule has 1 rings (SSSR count).